The molecule has 128 valence electrons. The van der Waals surface area contributed by atoms with Crippen molar-refractivity contribution in [1.82, 2.24) is 15.1 Å². The van der Waals surface area contributed by atoms with Crippen LogP contribution < -0.4 is 5.32 Å². The van der Waals surface area contributed by atoms with Gasteiger partial charge in [-0.2, -0.15) is 0 Å². The van der Waals surface area contributed by atoms with Gasteiger partial charge in [-0.15, -0.1) is 0 Å². The van der Waals surface area contributed by atoms with E-state index in [2.05, 4.69) is 10.5 Å². The summed E-state index contributed by atoms with van der Waals surface area (Å²) in [6, 6.07) is 0.284. The molecule has 3 heterocycles. The van der Waals surface area contributed by atoms with Crippen molar-refractivity contribution in [2.45, 2.75) is 57.6 Å². The number of nitrogens with zero attached hydrogens (tertiary/aromatic N) is 3. The molecule has 0 aliphatic carbocycles. The number of hydrogen-bond acceptors (Lipinski definition) is 4. The average molecular weight is 322 g/mol. The van der Waals surface area contributed by atoms with Gasteiger partial charge in [-0.3, -0.25) is 4.79 Å². The van der Waals surface area contributed by atoms with Crippen LogP contribution in [0.5, 0.6) is 0 Å². The molecule has 1 N–H and O–H groups in total. The highest BCUT2D eigenvalue weighted by molar-refractivity contribution is 5.92. The zero-order valence-electron chi connectivity index (χ0n) is 13.8. The Bertz CT molecular complexity index is 480. The zero-order valence-corrected chi connectivity index (χ0v) is 13.8. The number of oxime groups is 1. The molecular weight excluding hydrogens is 296 g/mol. The van der Waals surface area contributed by atoms with Gasteiger partial charge in [0.25, 0.3) is 5.91 Å². The van der Waals surface area contributed by atoms with Crippen LogP contribution in [-0.2, 0) is 9.63 Å². The van der Waals surface area contributed by atoms with Crippen molar-refractivity contribution in [2.75, 3.05) is 26.2 Å². The molecule has 2 fully saturated rings. The molecule has 1 atom stereocenters. The van der Waals surface area contributed by atoms with E-state index in [1.54, 1.807) is 0 Å². The Balaban J connectivity index is 1.41. The number of piperidine rings is 1. The SMILES string of the molecule is CCC1=NO[C@H](C(=O)NC2CCN(C(=O)N3CCCC3)CC2)C1. The number of likely N-dealkylation sites (tertiary alicyclic amines) is 2. The third kappa shape index (κ3) is 3.76. The monoisotopic (exact) mass is 322 g/mol. The summed E-state index contributed by atoms with van der Waals surface area (Å²) in [6.45, 7) is 5.20. The second kappa shape index (κ2) is 7.19. The second-order valence-corrected chi connectivity index (χ2v) is 6.56. The van der Waals surface area contributed by atoms with Crippen molar-refractivity contribution in [2.24, 2.45) is 5.16 Å². The Hall–Kier alpha value is -1.79. The molecule has 7 heteroatoms. The average Bonchev–Trinajstić information content (AvgIpc) is 3.26. The molecule has 3 aliphatic rings. The van der Waals surface area contributed by atoms with Gasteiger partial charge in [0.05, 0.1) is 5.71 Å². The van der Waals surface area contributed by atoms with E-state index in [-0.39, 0.29) is 18.0 Å². The van der Waals surface area contributed by atoms with Crippen molar-refractivity contribution in [3.63, 3.8) is 0 Å². The lowest BCUT2D eigenvalue weighted by Gasteiger charge is -2.35. The molecule has 0 unspecified atom stereocenters. The molecule has 23 heavy (non-hydrogen) atoms. The van der Waals surface area contributed by atoms with E-state index in [1.807, 2.05) is 16.7 Å². The molecule has 3 amide bonds. The van der Waals surface area contributed by atoms with Crippen LogP contribution in [0.25, 0.3) is 0 Å². The lowest BCUT2D eigenvalue weighted by molar-refractivity contribution is -0.132. The number of nitrogens with one attached hydrogen (secondary N) is 1. The first-order chi connectivity index (χ1) is 11.2. The first-order valence-corrected chi connectivity index (χ1v) is 8.73. The van der Waals surface area contributed by atoms with Crippen LogP contribution in [0, 0.1) is 0 Å². The summed E-state index contributed by atoms with van der Waals surface area (Å²) in [5.74, 6) is -0.0819. The van der Waals surface area contributed by atoms with Gasteiger partial charge in [0, 0.05) is 38.6 Å². The number of carbonyl (C=O) groups excluding carboxylic acids is 2. The number of rotatable bonds is 3. The molecule has 0 spiro atoms. The molecule has 0 aromatic carbocycles. The van der Waals surface area contributed by atoms with E-state index in [0.717, 1.165) is 50.9 Å². The highest BCUT2D eigenvalue weighted by Gasteiger charge is 2.32. The highest BCUT2D eigenvalue weighted by atomic mass is 16.6. The van der Waals surface area contributed by atoms with Gasteiger partial charge in [-0.25, -0.2) is 4.79 Å². The number of urea groups is 1. The predicted molar refractivity (Wildman–Crippen MR) is 86.2 cm³/mol. The molecule has 0 aromatic heterocycles. The minimum absolute atomic E-state index is 0.0819. The van der Waals surface area contributed by atoms with E-state index in [9.17, 15) is 9.59 Å². The lowest BCUT2D eigenvalue weighted by Crippen LogP contribution is -2.51. The maximum atomic E-state index is 12.3. The van der Waals surface area contributed by atoms with E-state index in [1.165, 1.54) is 0 Å². The van der Waals surface area contributed by atoms with Crippen molar-refractivity contribution in [1.29, 1.82) is 0 Å². The van der Waals surface area contributed by atoms with Crippen LogP contribution in [-0.4, -0.2) is 65.8 Å². The summed E-state index contributed by atoms with van der Waals surface area (Å²) in [7, 11) is 0. The molecule has 3 aliphatic heterocycles. The van der Waals surface area contributed by atoms with Gasteiger partial charge in [0.15, 0.2) is 0 Å². The van der Waals surface area contributed by atoms with Gasteiger partial charge >= 0.3 is 6.03 Å². The fraction of sp³-hybridized carbons (Fsp3) is 0.812. The summed E-state index contributed by atoms with van der Waals surface area (Å²) in [4.78, 5) is 33.6. The maximum absolute atomic E-state index is 12.3. The summed E-state index contributed by atoms with van der Waals surface area (Å²) in [5.41, 5.74) is 0.941. The Morgan fingerprint density at radius 1 is 1.17 bits per heavy atom. The largest absolute Gasteiger partial charge is 0.382 e. The first-order valence-electron chi connectivity index (χ1n) is 8.73. The number of hydrogen-bond donors (Lipinski definition) is 1. The number of carbonyl (C=O) groups is 2. The summed E-state index contributed by atoms with van der Waals surface area (Å²) in [6.07, 6.45) is 4.77. The molecule has 0 radical (unpaired) electrons. The maximum Gasteiger partial charge on any atom is 0.319 e. The van der Waals surface area contributed by atoms with E-state index in [0.29, 0.717) is 19.5 Å². The fourth-order valence-electron chi connectivity index (χ4n) is 3.39. The van der Waals surface area contributed by atoms with Crippen molar-refractivity contribution in [3.8, 4) is 0 Å². The minimum atomic E-state index is -0.478. The van der Waals surface area contributed by atoms with Crippen molar-refractivity contribution in [3.05, 3.63) is 0 Å². The molecule has 0 bridgehead atoms. The van der Waals surface area contributed by atoms with Crippen molar-refractivity contribution < 1.29 is 14.4 Å². The number of amides is 3. The minimum Gasteiger partial charge on any atom is -0.382 e. The van der Waals surface area contributed by atoms with E-state index >= 15 is 0 Å². The van der Waals surface area contributed by atoms with Gasteiger partial charge < -0.3 is 20.0 Å². The molecule has 0 aromatic rings. The van der Waals surface area contributed by atoms with Gasteiger partial charge in [0.2, 0.25) is 6.10 Å². The van der Waals surface area contributed by atoms with Gasteiger partial charge in [0.1, 0.15) is 0 Å². The molecule has 7 nitrogen and oxygen atoms in total. The zero-order chi connectivity index (χ0) is 16.2. The first kappa shape index (κ1) is 16.1. The Morgan fingerprint density at radius 3 is 2.43 bits per heavy atom. The molecular formula is C16H26N4O3. The third-order valence-corrected chi connectivity index (χ3v) is 4.92. The van der Waals surface area contributed by atoms with Crippen LogP contribution in [0.4, 0.5) is 4.79 Å². The summed E-state index contributed by atoms with van der Waals surface area (Å²) < 4.78 is 0. The highest BCUT2D eigenvalue weighted by Crippen LogP contribution is 2.17. The van der Waals surface area contributed by atoms with Crippen LogP contribution in [0.2, 0.25) is 0 Å². The van der Waals surface area contributed by atoms with Crippen LogP contribution in [0.3, 0.4) is 0 Å². The Labute approximate surface area is 137 Å². The Morgan fingerprint density at radius 2 is 1.83 bits per heavy atom. The topological polar surface area (TPSA) is 74.2 Å². The quantitative estimate of drug-likeness (QED) is 0.852. The van der Waals surface area contributed by atoms with Crippen molar-refractivity contribution >= 4 is 17.6 Å². The normalized spacial score (nSPS) is 25.3. The van der Waals surface area contributed by atoms with Crippen LogP contribution >= 0.6 is 0 Å². The standard InChI is InChI=1S/C16H26N4O3/c1-2-12-11-14(23-18-12)15(21)17-13-5-9-20(10-6-13)16(22)19-7-3-4-8-19/h13-14H,2-11H2,1H3,(H,17,21)/t14-/m0/s1. The van der Waals surface area contributed by atoms with Crippen LogP contribution in [0.1, 0.15) is 45.4 Å². The molecule has 3 rings (SSSR count). The lowest BCUT2D eigenvalue weighted by atomic mass is 10.0. The Kier molecular flexibility index (Phi) is 5.03. The van der Waals surface area contributed by atoms with E-state index in [4.69, 9.17) is 4.84 Å². The fourth-order valence-corrected chi connectivity index (χ4v) is 3.39. The predicted octanol–water partition coefficient (Wildman–Crippen LogP) is 1.34. The van der Waals surface area contributed by atoms with Gasteiger partial charge in [-0.1, -0.05) is 12.1 Å². The summed E-state index contributed by atoms with van der Waals surface area (Å²) in [5, 5.41) is 6.97. The van der Waals surface area contributed by atoms with E-state index < -0.39 is 6.10 Å². The van der Waals surface area contributed by atoms with Crippen LogP contribution in [0.15, 0.2) is 5.16 Å². The summed E-state index contributed by atoms with van der Waals surface area (Å²) >= 11 is 0. The van der Waals surface area contributed by atoms with Gasteiger partial charge in [-0.05, 0) is 32.1 Å². The third-order valence-electron chi connectivity index (χ3n) is 4.92. The smallest absolute Gasteiger partial charge is 0.319 e. The second-order valence-electron chi connectivity index (χ2n) is 6.56. The molecule has 0 saturated carbocycles. The molecule has 2 saturated heterocycles.